The van der Waals surface area contributed by atoms with Crippen LogP contribution in [0.1, 0.15) is 11.4 Å². The maximum atomic E-state index is 12.4. The Morgan fingerprint density at radius 1 is 1.06 bits per heavy atom. The zero-order valence-corrected chi connectivity index (χ0v) is 9.28. The first-order valence-corrected chi connectivity index (χ1v) is 5.24. The summed E-state index contributed by atoms with van der Waals surface area (Å²) in [6.07, 6.45) is -2.82. The lowest BCUT2D eigenvalue weighted by Gasteiger charge is -2.08. The van der Waals surface area contributed by atoms with Crippen molar-refractivity contribution in [3.63, 3.8) is 0 Å². The average Bonchev–Trinajstić information content (AvgIpc) is 2.37. The number of hydrogen-bond acceptors (Lipinski definition) is 3. The highest BCUT2D eigenvalue weighted by molar-refractivity contribution is 5.33. The molecule has 0 aliphatic rings. The van der Waals surface area contributed by atoms with E-state index >= 15 is 0 Å². The van der Waals surface area contributed by atoms with Crippen molar-refractivity contribution in [3.8, 4) is 0 Å². The third-order valence-electron chi connectivity index (χ3n) is 2.21. The van der Waals surface area contributed by atoms with Crippen molar-refractivity contribution in [1.29, 1.82) is 0 Å². The molecule has 18 heavy (non-hydrogen) atoms. The van der Waals surface area contributed by atoms with Crippen LogP contribution in [0.4, 0.5) is 19.0 Å². The molecule has 0 saturated carbocycles. The Balaban J connectivity index is 2.06. The van der Waals surface area contributed by atoms with Crippen LogP contribution in [-0.4, -0.2) is 9.97 Å². The molecule has 3 nitrogen and oxygen atoms in total. The predicted octanol–water partition coefficient (Wildman–Crippen LogP) is 3.11. The molecule has 0 fully saturated rings. The van der Waals surface area contributed by atoms with E-state index in [1.54, 1.807) is 24.4 Å². The number of aromatic nitrogens is 2. The summed E-state index contributed by atoms with van der Waals surface area (Å²) < 4.78 is 37.3. The van der Waals surface area contributed by atoms with Crippen molar-refractivity contribution < 1.29 is 13.2 Å². The van der Waals surface area contributed by atoms with Crippen LogP contribution in [0.5, 0.6) is 0 Å². The van der Waals surface area contributed by atoms with Gasteiger partial charge in [0.25, 0.3) is 0 Å². The highest BCUT2D eigenvalue weighted by atomic mass is 19.4. The van der Waals surface area contributed by atoms with Crippen LogP contribution in [0.25, 0.3) is 0 Å². The summed E-state index contributed by atoms with van der Waals surface area (Å²) in [5, 5.41) is 2.90. The van der Waals surface area contributed by atoms with E-state index in [2.05, 4.69) is 15.3 Å². The number of hydrogen-bond donors (Lipinski definition) is 1. The standard InChI is InChI=1S/C12H10F3N3/c13-12(14,15)10-5-3-4-9(18-10)8-17-11-6-1-2-7-16-11/h1-7H,8H2,(H,16,17). The Kier molecular flexibility index (Phi) is 3.45. The van der Waals surface area contributed by atoms with Crippen LogP contribution in [0.3, 0.4) is 0 Å². The molecular weight excluding hydrogens is 243 g/mol. The second-order valence-electron chi connectivity index (χ2n) is 3.58. The molecule has 2 heterocycles. The van der Waals surface area contributed by atoms with E-state index in [0.29, 0.717) is 11.5 Å². The lowest BCUT2D eigenvalue weighted by Crippen LogP contribution is -2.11. The number of nitrogens with one attached hydrogen (secondary N) is 1. The summed E-state index contributed by atoms with van der Waals surface area (Å²) in [6.45, 7) is 0.195. The van der Waals surface area contributed by atoms with Gasteiger partial charge in [0.05, 0.1) is 12.2 Å². The zero-order chi connectivity index (χ0) is 13.0. The number of anilines is 1. The molecule has 2 rings (SSSR count). The van der Waals surface area contributed by atoms with Gasteiger partial charge in [-0.25, -0.2) is 9.97 Å². The average molecular weight is 253 g/mol. The van der Waals surface area contributed by atoms with Crippen molar-refractivity contribution in [3.05, 3.63) is 54.0 Å². The van der Waals surface area contributed by atoms with Gasteiger partial charge < -0.3 is 5.32 Å². The van der Waals surface area contributed by atoms with Crippen molar-refractivity contribution in [2.24, 2.45) is 0 Å². The van der Waals surface area contributed by atoms with Crippen molar-refractivity contribution in [2.75, 3.05) is 5.32 Å². The molecule has 2 aromatic rings. The molecule has 2 aromatic heterocycles. The molecule has 0 radical (unpaired) electrons. The van der Waals surface area contributed by atoms with Gasteiger partial charge in [0, 0.05) is 6.20 Å². The third kappa shape index (κ3) is 3.19. The Hall–Kier alpha value is -2.11. The highest BCUT2D eigenvalue weighted by Crippen LogP contribution is 2.27. The number of nitrogens with zero attached hydrogens (tertiary/aromatic N) is 2. The summed E-state index contributed by atoms with van der Waals surface area (Å²) in [7, 11) is 0. The largest absolute Gasteiger partial charge is 0.433 e. The van der Waals surface area contributed by atoms with Gasteiger partial charge in [0.15, 0.2) is 0 Å². The van der Waals surface area contributed by atoms with Crippen LogP contribution < -0.4 is 5.32 Å². The first-order chi connectivity index (χ1) is 8.55. The topological polar surface area (TPSA) is 37.8 Å². The van der Waals surface area contributed by atoms with Gasteiger partial charge in [-0.15, -0.1) is 0 Å². The molecule has 1 N–H and O–H groups in total. The molecule has 0 aliphatic carbocycles. The second-order valence-corrected chi connectivity index (χ2v) is 3.58. The van der Waals surface area contributed by atoms with E-state index < -0.39 is 11.9 Å². The number of alkyl halides is 3. The Bertz CT molecular complexity index is 511. The van der Waals surface area contributed by atoms with Crippen LogP contribution in [0, 0.1) is 0 Å². The van der Waals surface area contributed by atoms with Gasteiger partial charge in [0.2, 0.25) is 0 Å². The summed E-state index contributed by atoms with van der Waals surface area (Å²) >= 11 is 0. The van der Waals surface area contributed by atoms with E-state index in [4.69, 9.17) is 0 Å². The minimum Gasteiger partial charge on any atom is -0.364 e. The predicted molar refractivity (Wildman–Crippen MR) is 60.8 cm³/mol. The van der Waals surface area contributed by atoms with Gasteiger partial charge in [0.1, 0.15) is 11.5 Å². The fraction of sp³-hybridized carbons (Fsp3) is 0.167. The Morgan fingerprint density at radius 3 is 2.56 bits per heavy atom. The molecule has 94 valence electrons. The lowest BCUT2D eigenvalue weighted by molar-refractivity contribution is -0.141. The number of pyridine rings is 2. The summed E-state index contributed by atoms with van der Waals surface area (Å²) in [4.78, 5) is 7.55. The SMILES string of the molecule is FC(F)(F)c1cccc(CNc2ccccn2)n1. The minimum absolute atomic E-state index is 0.195. The molecule has 6 heteroatoms. The van der Waals surface area contributed by atoms with E-state index in [-0.39, 0.29) is 6.54 Å². The fourth-order valence-corrected chi connectivity index (χ4v) is 1.38. The van der Waals surface area contributed by atoms with Crippen molar-refractivity contribution in [2.45, 2.75) is 12.7 Å². The van der Waals surface area contributed by atoms with Crippen LogP contribution in [0.15, 0.2) is 42.6 Å². The maximum absolute atomic E-state index is 12.4. The summed E-state index contributed by atoms with van der Waals surface area (Å²) in [5.74, 6) is 0.594. The molecule has 0 spiro atoms. The molecule has 0 bridgehead atoms. The second kappa shape index (κ2) is 5.03. The minimum atomic E-state index is -4.42. The highest BCUT2D eigenvalue weighted by Gasteiger charge is 2.32. The Morgan fingerprint density at radius 2 is 1.89 bits per heavy atom. The van der Waals surface area contributed by atoms with E-state index in [0.717, 1.165) is 6.07 Å². The van der Waals surface area contributed by atoms with Crippen LogP contribution in [0.2, 0.25) is 0 Å². The third-order valence-corrected chi connectivity index (χ3v) is 2.21. The first kappa shape index (κ1) is 12.3. The first-order valence-electron chi connectivity index (χ1n) is 5.24. The normalized spacial score (nSPS) is 11.3. The van der Waals surface area contributed by atoms with E-state index in [1.165, 1.54) is 12.1 Å². The zero-order valence-electron chi connectivity index (χ0n) is 9.28. The van der Waals surface area contributed by atoms with Crippen molar-refractivity contribution >= 4 is 5.82 Å². The van der Waals surface area contributed by atoms with Crippen LogP contribution >= 0.6 is 0 Å². The summed E-state index contributed by atoms with van der Waals surface area (Å²) in [5.41, 5.74) is -0.571. The molecule has 0 saturated heterocycles. The molecule has 0 atom stereocenters. The lowest BCUT2D eigenvalue weighted by atomic mass is 10.3. The number of rotatable bonds is 3. The molecular formula is C12H10F3N3. The van der Waals surface area contributed by atoms with Gasteiger partial charge in [-0.2, -0.15) is 13.2 Å². The fourth-order valence-electron chi connectivity index (χ4n) is 1.38. The van der Waals surface area contributed by atoms with Crippen LogP contribution in [-0.2, 0) is 12.7 Å². The van der Waals surface area contributed by atoms with Gasteiger partial charge >= 0.3 is 6.18 Å². The van der Waals surface area contributed by atoms with E-state index in [1.807, 2.05) is 0 Å². The monoisotopic (exact) mass is 253 g/mol. The smallest absolute Gasteiger partial charge is 0.364 e. The molecule has 0 aromatic carbocycles. The van der Waals surface area contributed by atoms with Gasteiger partial charge in [-0.3, -0.25) is 0 Å². The van der Waals surface area contributed by atoms with Gasteiger partial charge in [-0.1, -0.05) is 12.1 Å². The Labute approximate surface area is 102 Å². The van der Waals surface area contributed by atoms with Gasteiger partial charge in [-0.05, 0) is 24.3 Å². The maximum Gasteiger partial charge on any atom is 0.433 e. The quantitative estimate of drug-likeness (QED) is 0.913. The number of halogens is 3. The summed E-state index contributed by atoms with van der Waals surface area (Å²) in [6, 6.07) is 9.09. The molecule has 0 unspecified atom stereocenters. The van der Waals surface area contributed by atoms with E-state index in [9.17, 15) is 13.2 Å². The van der Waals surface area contributed by atoms with Crippen molar-refractivity contribution in [1.82, 2.24) is 9.97 Å². The molecule has 0 amide bonds. The molecule has 0 aliphatic heterocycles.